The Hall–Kier alpha value is -2.82. The van der Waals surface area contributed by atoms with Crippen molar-refractivity contribution in [2.24, 2.45) is 0 Å². The predicted molar refractivity (Wildman–Crippen MR) is 116 cm³/mol. The van der Waals surface area contributed by atoms with Gasteiger partial charge in [-0.25, -0.2) is 0 Å². The maximum atomic E-state index is 13.0. The lowest BCUT2D eigenvalue weighted by Crippen LogP contribution is -2.47. The lowest BCUT2D eigenvalue weighted by molar-refractivity contribution is -0.140. The highest BCUT2D eigenvalue weighted by atomic mass is 16.5. The van der Waals surface area contributed by atoms with E-state index in [2.05, 4.69) is 11.4 Å². The molecule has 156 valence electrons. The van der Waals surface area contributed by atoms with Gasteiger partial charge in [-0.3, -0.25) is 9.59 Å². The number of nitrogens with one attached hydrogen (secondary N) is 1. The molecule has 0 heterocycles. The van der Waals surface area contributed by atoms with Gasteiger partial charge in [0.25, 0.3) is 0 Å². The molecule has 5 heteroatoms. The molecule has 0 aliphatic rings. The average Bonchev–Trinajstić information content (AvgIpc) is 2.73. The van der Waals surface area contributed by atoms with Crippen LogP contribution in [-0.4, -0.2) is 35.9 Å². The minimum absolute atomic E-state index is 0.0395. The van der Waals surface area contributed by atoms with Crippen LogP contribution in [0.1, 0.15) is 44.2 Å². The average molecular weight is 397 g/mol. The summed E-state index contributed by atoms with van der Waals surface area (Å²) < 4.78 is 5.68. The smallest absolute Gasteiger partial charge is 0.242 e. The topological polar surface area (TPSA) is 58.6 Å². The number of benzene rings is 2. The van der Waals surface area contributed by atoms with E-state index >= 15 is 0 Å². The maximum absolute atomic E-state index is 13.0. The molecule has 2 aromatic rings. The molecule has 0 bridgehead atoms. The Kier molecular flexibility index (Phi) is 9.22. The molecule has 0 aliphatic heterocycles. The normalized spacial score (nSPS) is 11.6. The number of ether oxygens (including phenoxy) is 1. The van der Waals surface area contributed by atoms with Crippen LogP contribution in [-0.2, 0) is 16.1 Å². The minimum atomic E-state index is -0.524. The Balaban J connectivity index is 1.98. The number of hydrogen-bond acceptors (Lipinski definition) is 3. The standard InChI is InChI=1S/C24H32N2O3/c1-4-15-25-24(28)20(3)26(18-21-11-8-10-19(2)17-21)23(27)14-9-16-29-22-12-6-5-7-13-22/h5-8,10-13,17,20H,4,9,14-16,18H2,1-3H3,(H,25,28)/t20-/m0/s1. The van der Waals surface area contributed by atoms with Gasteiger partial charge < -0.3 is 15.0 Å². The van der Waals surface area contributed by atoms with E-state index in [1.54, 1.807) is 11.8 Å². The fraction of sp³-hybridized carbons (Fsp3) is 0.417. The van der Waals surface area contributed by atoms with Crippen LogP contribution in [0.15, 0.2) is 54.6 Å². The molecule has 0 spiro atoms. The lowest BCUT2D eigenvalue weighted by Gasteiger charge is -2.29. The van der Waals surface area contributed by atoms with Crippen LogP contribution in [0.25, 0.3) is 0 Å². The molecule has 0 aliphatic carbocycles. The van der Waals surface area contributed by atoms with E-state index in [4.69, 9.17) is 4.74 Å². The molecule has 0 aromatic heterocycles. The third kappa shape index (κ3) is 7.60. The Morgan fingerprint density at radius 2 is 1.86 bits per heavy atom. The largest absolute Gasteiger partial charge is 0.494 e. The summed E-state index contributed by atoms with van der Waals surface area (Å²) in [5.74, 6) is 0.639. The van der Waals surface area contributed by atoms with E-state index < -0.39 is 6.04 Å². The van der Waals surface area contributed by atoms with Crippen LogP contribution in [0.3, 0.4) is 0 Å². The van der Waals surface area contributed by atoms with E-state index in [-0.39, 0.29) is 11.8 Å². The molecule has 1 atom stereocenters. The van der Waals surface area contributed by atoms with Gasteiger partial charge in [0.2, 0.25) is 11.8 Å². The zero-order valence-electron chi connectivity index (χ0n) is 17.7. The summed E-state index contributed by atoms with van der Waals surface area (Å²) in [4.78, 5) is 27.1. The third-order valence-corrected chi connectivity index (χ3v) is 4.70. The highest BCUT2D eigenvalue weighted by Gasteiger charge is 2.25. The summed E-state index contributed by atoms with van der Waals surface area (Å²) in [6, 6.07) is 17.1. The Labute approximate surface area is 174 Å². The lowest BCUT2D eigenvalue weighted by atomic mass is 10.1. The van der Waals surface area contributed by atoms with Gasteiger partial charge in [0.05, 0.1) is 6.61 Å². The molecule has 2 rings (SSSR count). The first-order valence-electron chi connectivity index (χ1n) is 10.3. The van der Waals surface area contributed by atoms with Crippen LogP contribution in [0.4, 0.5) is 0 Å². The van der Waals surface area contributed by atoms with Crippen LogP contribution >= 0.6 is 0 Å². The molecule has 2 amide bonds. The fourth-order valence-corrected chi connectivity index (χ4v) is 3.06. The quantitative estimate of drug-likeness (QED) is 0.582. The van der Waals surface area contributed by atoms with Crippen molar-refractivity contribution < 1.29 is 14.3 Å². The van der Waals surface area contributed by atoms with Crippen molar-refractivity contribution >= 4 is 11.8 Å². The first kappa shape index (κ1) is 22.5. The molecule has 5 nitrogen and oxygen atoms in total. The summed E-state index contributed by atoms with van der Waals surface area (Å²) in [6.45, 7) is 7.31. The van der Waals surface area contributed by atoms with Gasteiger partial charge in [0, 0.05) is 19.5 Å². The van der Waals surface area contributed by atoms with Gasteiger partial charge in [0.1, 0.15) is 11.8 Å². The molecule has 0 fully saturated rings. The number of nitrogens with zero attached hydrogens (tertiary/aromatic N) is 1. The molecule has 0 radical (unpaired) electrons. The molecule has 29 heavy (non-hydrogen) atoms. The van der Waals surface area contributed by atoms with Crippen molar-refractivity contribution in [1.29, 1.82) is 0 Å². The molecular weight excluding hydrogens is 364 g/mol. The summed E-state index contributed by atoms with van der Waals surface area (Å²) >= 11 is 0. The number of carbonyl (C=O) groups excluding carboxylic acids is 2. The first-order valence-corrected chi connectivity index (χ1v) is 10.3. The number of para-hydroxylation sites is 1. The summed E-state index contributed by atoms with van der Waals surface area (Å²) in [5, 5.41) is 2.90. The maximum Gasteiger partial charge on any atom is 0.242 e. The Morgan fingerprint density at radius 1 is 1.10 bits per heavy atom. The van der Waals surface area contributed by atoms with E-state index in [0.29, 0.717) is 32.5 Å². The van der Waals surface area contributed by atoms with Crippen LogP contribution in [0.2, 0.25) is 0 Å². The first-order chi connectivity index (χ1) is 14.0. The van der Waals surface area contributed by atoms with Gasteiger partial charge in [-0.05, 0) is 44.4 Å². The fourth-order valence-electron chi connectivity index (χ4n) is 3.06. The molecule has 0 unspecified atom stereocenters. The van der Waals surface area contributed by atoms with E-state index in [1.807, 2.05) is 62.4 Å². The number of amides is 2. The monoisotopic (exact) mass is 396 g/mol. The van der Waals surface area contributed by atoms with Crippen molar-refractivity contribution in [3.05, 3.63) is 65.7 Å². The zero-order valence-corrected chi connectivity index (χ0v) is 17.7. The second-order valence-corrected chi connectivity index (χ2v) is 7.24. The molecule has 1 N–H and O–H groups in total. The zero-order chi connectivity index (χ0) is 21.1. The SMILES string of the molecule is CCCNC(=O)[C@H](C)N(Cc1cccc(C)c1)C(=O)CCCOc1ccccc1. The number of aryl methyl sites for hydroxylation is 1. The minimum Gasteiger partial charge on any atom is -0.494 e. The molecule has 0 saturated carbocycles. The number of carbonyl (C=O) groups is 2. The molecule has 0 saturated heterocycles. The van der Waals surface area contributed by atoms with Gasteiger partial charge >= 0.3 is 0 Å². The number of rotatable bonds is 11. The van der Waals surface area contributed by atoms with Crippen molar-refractivity contribution in [2.75, 3.05) is 13.2 Å². The van der Waals surface area contributed by atoms with Crippen molar-refractivity contribution in [3.63, 3.8) is 0 Å². The van der Waals surface area contributed by atoms with Gasteiger partial charge in [-0.1, -0.05) is 55.0 Å². The second-order valence-electron chi connectivity index (χ2n) is 7.24. The second kappa shape index (κ2) is 11.9. The summed E-state index contributed by atoms with van der Waals surface area (Å²) in [5.41, 5.74) is 2.16. The van der Waals surface area contributed by atoms with Crippen molar-refractivity contribution in [2.45, 2.75) is 52.6 Å². The van der Waals surface area contributed by atoms with Crippen molar-refractivity contribution in [1.82, 2.24) is 10.2 Å². The molecular formula is C24H32N2O3. The summed E-state index contributed by atoms with van der Waals surface area (Å²) in [6.07, 6.45) is 1.80. The van der Waals surface area contributed by atoms with Crippen LogP contribution in [0, 0.1) is 6.92 Å². The van der Waals surface area contributed by atoms with Crippen molar-refractivity contribution in [3.8, 4) is 5.75 Å². The highest BCUT2D eigenvalue weighted by molar-refractivity contribution is 5.87. The van der Waals surface area contributed by atoms with E-state index in [1.165, 1.54) is 0 Å². The molecule has 2 aromatic carbocycles. The van der Waals surface area contributed by atoms with E-state index in [9.17, 15) is 9.59 Å². The van der Waals surface area contributed by atoms with Gasteiger partial charge in [-0.2, -0.15) is 0 Å². The Bertz CT molecular complexity index is 777. The highest BCUT2D eigenvalue weighted by Crippen LogP contribution is 2.14. The van der Waals surface area contributed by atoms with Crippen LogP contribution in [0.5, 0.6) is 5.75 Å². The van der Waals surface area contributed by atoms with Gasteiger partial charge in [0.15, 0.2) is 0 Å². The summed E-state index contributed by atoms with van der Waals surface area (Å²) in [7, 11) is 0. The van der Waals surface area contributed by atoms with Gasteiger partial charge in [-0.15, -0.1) is 0 Å². The van der Waals surface area contributed by atoms with Crippen LogP contribution < -0.4 is 10.1 Å². The number of hydrogen-bond donors (Lipinski definition) is 1. The third-order valence-electron chi connectivity index (χ3n) is 4.70. The Morgan fingerprint density at radius 3 is 2.55 bits per heavy atom. The predicted octanol–water partition coefficient (Wildman–Crippen LogP) is 4.10. The van der Waals surface area contributed by atoms with E-state index in [0.717, 1.165) is 23.3 Å².